The Kier molecular flexibility index (Phi) is 5.73. The zero-order valence-corrected chi connectivity index (χ0v) is 15.1. The molecule has 5 nitrogen and oxygen atoms in total. The van der Waals surface area contributed by atoms with Crippen molar-refractivity contribution in [1.29, 1.82) is 0 Å². The number of benzene rings is 1. The first-order valence-corrected chi connectivity index (χ1v) is 9.33. The average molecular weight is 379 g/mol. The molecule has 0 spiro atoms. The van der Waals surface area contributed by atoms with Gasteiger partial charge in [-0.05, 0) is 49.1 Å². The van der Waals surface area contributed by atoms with Crippen LogP contribution in [0.5, 0.6) is 0 Å². The van der Waals surface area contributed by atoms with Gasteiger partial charge in [-0.1, -0.05) is 17.7 Å². The van der Waals surface area contributed by atoms with Crippen molar-refractivity contribution in [3.63, 3.8) is 0 Å². The molecule has 0 saturated carbocycles. The van der Waals surface area contributed by atoms with E-state index in [2.05, 4.69) is 5.32 Å². The molecule has 0 radical (unpaired) electrons. The van der Waals surface area contributed by atoms with Crippen molar-refractivity contribution in [2.24, 2.45) is 5.92 Å². The summed E-state index contributed by atoms with van der Waals surface area (Å²) in [7, 11) is 0. The molecule has 0 unspecified atom stereocenters. The Hall–Kier alpha value is -1.89. The van der Waals surface area contributed by atoms with Crippen molar-refractivity contribution in [2.75, 3.05) is 25.0 Å². The number of thiophene rings is 1. The van der Waals surface area contributed by atoms with Gasteiger partial charge in [0.25, 0.3) is 11.8 Å². The first-order valence-electron chi connectivity index (χ1n) is 8.13. The van der Waals surface area contributed by atoms with Crippen LogP contribution in [0.1, 0.15) is 32.9 Å². The van der Waals surface area contributed by atoms with E-state index in [1.165, 1.54) is 11.3 Å². The van der Waals surface area contributed by atoms with Gasteiger partial charge in [0.05, 0.1) is 9.21 Å². The largest absolute Gasteiger partial charge is 0.396 e. The lowest BCUT2D eigenvalue weighted by Gasteiger charge is -2.32. The third-order valence-corrected chi connectivity index (χ3v) is 5.46. The number of amides is 2. The number of nitrogens with one attached hydrogen (secondary N) is 1. The number of hydrogen-bond donors (Lipinski definition) is 2. The third-order valence-electron chi connectivity index (χ3n) is 4.23. The molecular weight excluding hydrogens is 360 g/mol. The highest BCUT2D eigenvalue weighted by molar-refractivity contribution is 7.18. The second kappa shape index (κ2) is 7.99. The van der Waals surface area contributed by atoms with Gasteiger partial charge < -0.3 is 15.3 Å². The number of aliphatic hydroxyl groups is 1. The Morgan fingerprint density at radius 2 is 2.16 bits per heavy atom. The highest BCUT2D eigenvalue weighted by Crippen LogP contribution is 2.23. The van der Waals surface area contributed by atoms with Gasteiger partial charge in [0.2, 0.25) is 0 Å². The fraction of sp³-hybridized carbons (Fsp3) is 0.333. The minimum Gasteiger partial charge on any atom is -0.396 e. The van der Waals surface area contributed by atoms with E-state index in [-0.39, 0.29) is 24.3 Å². The normalized spacial score (nSPS) is 17.4. The Morgan fingerprint density at radius 3 is 2.88 bits per heavy atom. The number of carbonyl (C=O) groups excluding carboxylic acids is 2. The molecule has 1 aromatic carbocycles. The maximum atomic E-state index is 12.7. The van der Waals surface area contributed by atoms with Crippen LogP contribution in [0.25, 0.3) is 0 Å². The van der Waals surface area contributed by atoms with E-state index in [1.54, 1.807) is 41.3 Å². The monoisotopic (exact) mass is 378 g/mol. The van der Waals surface area contributed by atoms with Crippen LogP contribution < -0.4 is 5.32 Å². The Balaban J connectivity index is 1.70. The maximum absolute atomic E-state index is 12.7. The summed E-state index contributed by atoms with van der Waals surface area (Å²) in [6.07, 6.45) is 1.84. The molecule has 3 rings (SSSR count). The van der Waals surface area contributed by atoms with Gasteiger partial charge in [-0.15, -0.1) is 11.3 Å². The highest BCUT2D eigenvalue weighted by atomic mass is 35.5. The number of aliphatic hydroxyl groups excluding tert-OH is 1. The lowest BCUT2D eigenvalue weighted by molar-refractivity contribution is 0.0620. The van der Waals surface area contributed by atoms with Crippen molar-refractivity contribution in [2.45, 2.75) is 12.8 Å². The molecule has 2 heterocycles. The summed E-state index contributed by atoms with van der Waals surface area (Å²) >= 11 is 7.06. The van der Waals surface area contributed by atoms with Crippen molar-refractivity contribution >= 4 is 40.4 Å². The number of carbonyl (C=O) groups is 2. The Bertz CT molecular complexity index is 777. The topological polar surface area (TPSA) is 69.6 Å². The fourth-order valence-corrected chi connectivity index (χ4v) is 3.88. The van der Waals surface area contributed by atoms with E-state index < -0.39 is 0 Å². The van der Waals surface area contributed by atoms with Crippen molar-refractivity contribution in [3.8, 4) is 0 Å². The van der Waals surface area contributed by atoms with E-state index >= 15 is 0 Å². The molecule has 1 aliphatic rings. The minimum absolute atomic E-state index is 0.0755. The van der Waals surface area contributed by atoms with Gasteiger partial charge in [-0.2, -0.15) is 0 Å². The Labute approximate surface area is 155 Å². The summed E-state index contributed by atoms with van der Waals surface area (Å²) in [4.78, 5) is 27.2. The number of likely N-dealkylation sites (tertiary alicyclic amines) is 1. The van der Waals surface area contributed by atoms with Crippen LogP contribution in [0, 0.1) is 5.92 Å². The first kappa shape index (κ1) is 17.9. The SMILES string of the molecule is O=C(Nc1cccc(C(=O)N2CCC[C@@H](CO)C2)c1)c1ccc(Cl)s1. The van der Waals surface area contributed by atoms with Crippen LogP contribution >= 0.6 is 22.9 Å². The van der Waals surface area contributed by atoms with E-state index in [0.29, 0.717) is 33.6 Å². The standard InChI is InChI=1S/C18H19ClN2O3S/c19-16-7-6-15(25-16)17(23)20-14-5-1-4-13(9-14)18(24)21-8-2-3-12(10-21)11-22/h1,4-7,9,12,22H,2-3,8,10-11H2,(H,20,23)/t12-/m1/s1. The quantitative estimate of drug-likeness (QED) is 0.855. The maximum Gasteiger partial charge on any atom is 0.265 e. The zero-order valence-electron chi connectivity index (χ0n) is 13.6. The smallest absolute Gasteiger partial charge is 0.265 e. The van der Waals surface area contributed by atoms with Crippen LogP contribution in [0.4, 0.5) is 5.69 Å². The lowest BCUT2D eigenvalue weighted by Crippen LogP contribution is -2.40. The first-order chi connectivity index (χ1) is 12.1. The zero-order chi connectivity index (χ0) is 17.8. The predicted octanol–water partition coefficient (Wildman–Crippen LogP) is 3.50. The summed E-state index contributed by atoms with van der Waals surface area (Å²) in [6.45, 7) is 1.36. The number of halogens is 1. The molecule has 132 valence electrons. The molecule has 2 aromatic rings. The molecule has 25 heavy (non-hydrogen) atoms. The van der Waals surface area contributed by atoms with E-state index in [9.17, 15) is 14.7 Å². The van der Waals surface area contributed by atoms with E-state index in [0.717, 1.165) is 12.8 Å². The predicted molar refractivity (Wildman–Crippen MR) is 99.4 cm³/mol. The molecular formula is C18H19ClN2O3S. The minimum atomic E-state index is -0.250. The van der Waals surface area contributed by atoms with Gasteiger partial charge in [-0.3, -0.25) is 9.59 Å². The van der Waals surface area contributed by atoms with Crippen LogP contribution in [0.3, 0.4) is 0 Å². The van der Waals surface area contributed by atoms with Crippen LogP contribution in [0.15, 0.2) is 36.4 Å². The molecule has 2 N–H and O–H groups in total. The molecule has 1 saturated heterocycles. The van der Waals surface area contributed by atoms with Gasteiger partial charge in [0, 0.05) is 30.9 Å². The third kappa shape index (κ3) is 4.39. The van der Waals surface area contributed by atoms with Crippen LogP contribution in [0.2, 0.25) is 4.34 Å². The lowest BCUT2D eigenvalue weighted by atomic mass is 9.98. The number of nitrogens with zero attached hydrogens (tertiary/aromatic N) is 1. The molecule has 1 aliphatic heterocycles. The van der Waals surface area contributed by atoms with Crippen molar-refractivity contribution in [3.05, 3.63) is 51.2 Å². The summed E-state index contributed by atoms with van der Waals surface area (Å²) in [5.74, 6) is -0.183. The second-order valence-corrected chi connectivity index (χ2v) is 7.80. The number of piperidine rings is 1. The van der Waals surface area contributed by atoms with Crippen molar-refractivity contribution < 1.29 is 14.7 Å². The number of rotatable bonds is 4. The molecule has 2 amide bonds. The number of hydrogen-bond acceptors (Lipinski definition) is 4. The van der Waals surface area contributed by atoms with Gasteiger partial charge in [0.15, 0.2) is 0 Å². The summed E-state index contributed by atoms with van der Waals surface area (Å²) < 4.78 is 0.553. The summed E-state index contributed by atoms with van der Waals surface area (Å²) in [6, 6.07) is 10.3. The molecule has 0 aliphatic carbocycles. The highest BCUT2D eigenvalue weighted by Gasteiger charge is 2.24. The molecule has 1 aromatic heterocycles. The molecule has 1 atom stereocenters. The molecule has 1 fully saturated rings. The second-order valence-electron chi connectivity index (χ2n) is 6.08. The summed E-state index contributed by atoms with van der Waals surface area (Å²) in [5.41, 5.74) is 1.09. The van der Waals surface area contributed by atoms with Gasteiger partial charge >= 0.3 is 0 Å². The number of anilines is 1. The van der Waals surface area contributed by atoms with Crippen LogP contribution in [-0.4, -0.2) is 41.5 Å². The van der Waals surface area contributed by atoms with Crippen LogP contribution in [-0.2, 0) is 0 Å². The van der Waals surface area contributed by atoms with E-state index in [4.69, 9.17) is 11.6 Å². The van der Waals surface area contributed by atoms with E-state index in [1.807, 2.05) is 0 Å². The molecule has 0 bridgehead atoms. The molecule has 7 heteroatoms. The average Bonchev–Trinajstić information content (AvgIpc) is 3.08. The van der Waals surface area contributed by atoms with Gasteiger partial charge in [0.1, 0.15) is 0 Å². The van der Waals surface area contributed by atoms with Gasteiger partial charge in [-0.25, -0.2) is 0 Å². The summed E-state index contributed by atoms with van der Waals surface area (Å²) in [5, 5.41) is 12.1. The fourth-order valence-electron chi connectivity index (χ4n) is 2.94. The Morgan fingerprint density at radius 1 is 1.32 bits per heavy atom. The van der Waals surface area contributed by atoms with Crippen molar-refractivity contribution in [1.82, 2.24) is 4.90 Å².